The fourth-order valence-electron chi connectivity index (χ4n) is 11.2. The molecule has 3 N–H and O–H groups in total. The number of carbonyl (C=O) groups excluding carboxylic acids is 11. The van der Waals surface area contributed by atoms with Gasteiger partial charge >= 0.3 is 0 Å². The van der Waals surface area contributed by atoms with E-state index in [-0.39, 0.29) is 68.1 Å². The van der Waals surface area contributed by atoms with Crippen LogP contribution in [0.3, 0.4) is 0 Å². The number of nitrogens with one attached hydrogen (secondary N) is 3. The van der Waals surface area contributed by atoms with Gasteiger partial charge in [-0.25, -0.2) is 0 Å². The molecule has 2 heterocycles. The number of rotatable bonds is 12. The van der Waals surface area contributed by atoms with E-state index < -0.39 is 150 Å². The van der Waals surface area contributed by atoms with Gasteiger partial charge in [0.25, 0.3) is 0 Å². The monoisotopic (exact) mass is 1170 g/mol. The highest BCUT2D eigenvalue weighted by Crippen LogP contribution is 2.29. The smallest absolute Gasteiger partial charge is 0.246 e. The van der Waals surface area contributed by atoms with Crippen LogP contribution in [0.2, 0.25) is 0 Å². The maximum absolute atomic E-state index is 15.1. The Hall–Kier alpha value is -5.67. The predicted molar refractivity (Wildman–Crippen MR) is 319 cm³/mol. The van der Waals surface area contributed by atoms with Crippen molar-refractivity contribution in [1.82, 2.24) is 50.2 Å². The molecule has 0 aliphatic carbocycles. The van der Waals surface area contributed by atoms with Gasteiger partial charge in [-0.05, 0) is 86.9 Å². The Kier molecular flexibility index (Phi) is 28.8. The summed E-state index contributed by atoms with van der Waals surface area (Å²) in [5.74, 6) is -8.99. The van der Waals surface area contributed by atoms with Gasteiger partial charge in [0.15, 0.2) is 5.78 Å². The molecular weight excluding hydrogens is 1060 g/mol. The highest BCUT2D eigenvalue weighted by Gasteiger charge is 2.47. The Bertz CT molecular complexity index is 2270. The third kappa shape index (κ3) is 19.7. The van der Waals surface area contributed by atoms with E-state index in [1.165, 1.54) is 85.7 Å². The molecule has 2 rings (SSSR count). The van der Waals surface area contributed by atoms with E-state index in [0.29, 0.717) is 13.0 Å². The van der Waals surface area contributed by atoms with Crippen molar-refractivity contribution >= 4 is 64.9 Å². The number of ketones is 1. The summed E-state index contributed by atoms with van der Waals surface area (Å²) in [6.45, 7) is 28.6. The van der Waals surface area contributed by atoms with Crippen molar-refractivity contribution in [3.8, 4) is 0 Å². The first-order valence-corrected chi connectivity index (χ1v) is 30.2. The highest BCUT2D eigenvalue weighted by molar-refractivity contribution is 5.99. The maximum Gasteiger partial charge on any atom is 0.246 e. The van der Waals surface area contributed by atoms with Gasteiger partial charge in [-0.3, -0.25) is 52.7 Å². The Morgan fingerprint density at radius 1 is 0.482 bits per heavy atom. The van der Waals surface area contributed by atoms with Crippen molar-refractivity contribution < 1.29 is 57.5 Å². The molecule has 0 bridgehead atoms. The molecule has 2 saturated heterocycles. The first kappa shape index (κ1) is 73.4. The van der Waals surface area contributed by atoms with E-state index in [0.717, 1.165) is 4.90 Å². The van der Waals surface area contributed by atoms with Crippen LogP contribution < -0.4 is 16.0 Å². The largest absolute Gasteiger partial charge is 0.375 e. The Morgan fingerprint density at radius 3 is 1.37 bits per heavy atom. The van der Waals surface area contributed by atoms with E-state index in [9.17, 15) is 43.2 Å². The van der Waals surface area contributed by atoms with Crippen molar-refractivity contribution in [2.24, 2.45) is 47.3 Å². The SMILES string of the molecule is CC[C@H]1NC(=O)[C@@H]([C@@H]2OCC[C@H]2C)N(C)C(=O)[C@@H](C(C)C)N(C)C(=O)[C@@H](CC(C)C)N(C)C(=O)[C@H](CC(C)C)N(C)C(=O)[C@H](C)CC(=O)[C@@H](C)NC(=O)[C@@H](CC(C)C)N(C)C(=O)[C@@H](C(C)C)NC(=O)[C@H](CC(C)C)N(C)C(=O)CN(C)C1=O. The minimum Gasteiger partial charge on any atom is -0.375 e. The fraction of sp³-hybridized carbons (Fsp3) is 0.820. The van der Waals surface area contributed by atoms with Gasteiger partial charge in [0.2, 0.25) is 59.1 Å². The molecule has 0 aromatic rings. The first-order valence-electron chi connectivity index (χ1n) is 30.2. The molecular formula is C61H108N10O12. The second-order valence-corrected chi connectivity index (χ2v) is 26.3. The quantitative estimate of drug-likeness (QED) is 0.252. The Morgan fingerprint density at radius 2 is 0.928 bits per heavy atom. The minimum atomic E-state index is -1.28. The molecule has 0 aromatic carbocycles. The summed E-state index contributed by atoms with van der Waals surface area (Å²) < 4.78 is 6.16. The van der Waals surface area contributed by atoms with Gasteiger partial charge < -0.3 is 55.0 Å². The van der Waals surface area contributed by atoms with Crippen molar-refractivity contribution in [1.29, 1.82) is 0 Å². The van der Waals surface area contributed by atoms with Crippen molar-refractivity contribution in [3.05, 3.63) is 0 Å². The minimum absolute atomic E-state index is 0.0923. The molecule has 10 amide bonds. The van der Waals surface area contributed by atoms with Crippen LogP contribution in [0.4, 0.5) is 0 Å². The summed E-state index contributed by atoms with van der Waals surface area (Å²) >= 11 is 0. The molecule has 83 heavy (non-hydrogen) atoms. The summed E-state index contributed by atoms with van der Waals surface area (Å²) in [6.07, 6.45) is 0.340. The number of nitrogens with zero attached hydrogens (tertiary/aromatic N) is 7. The van der Waals surface area contributed by atoms with E-state index in [4.69, 9.17) is 4.74 Å². The van der Waals surface area contributed by atoms with E-state index in [2.05, 4.69) is 16.0 Å². The molecule has 0 saturated carbocycles. The van der Waals surface area contributed by atoms with Crippen LogP contribution in [-0.4, -0.2) is 222 Å². The average Bonchev–Trinajstić information content (AvgIpc) is 3.71. The summed E-state index contributed by atoms with van der Waals surface area (Å²) in [4.78, 5) is 169. The predicted octanol–water partition coefficient (Wildman–Crippen LogP) is 3.82. The number of hydrogen-bond donors (Lipinski definition) is 3. The normalized spacial score (nSPS) is 29.2. The second-order valence-electron chi connectivity index (χ2n) is 26.3. The lowest BCUT2D eigenvalue weighted by Crippen LogP contribution is -2.63. The zero-order chi connectivity index (χ0) is 64.0. The summed E-state index contributed by atoms with van der Waals surface area (Å²) in [7, 11) is 10.3. The lowest BCUT2D eigenvalue weighted by molar-refractivity contribution is -0.157. The van der Waals surface area contributed by atoms with Crippen LogP contribution in [0, 0.1) is 47.3 Å². The fourth-order valence-corrected chi connectivity index (χ4v) is 11.2. The molecule has 474 valence electrons. The number of carbonyl (C=O) groups is 11. The molecule has 12 atom stereocenters. The van der Waals surface area contributed by atoms with Crippen LogP contribution in [0.1, 0.15) is 156 Å². The Labute approximate surface area is 496 Å². The van der Waals surface area contributed by atoms with Gasteiger partial charge in [0.1, 0.15) is 48.3 Å². The van der Waals surface area contributed by atoms with Crippen molar-refractivity contribution in [2.75, 3.05) is 62.5 Å². The second kappa shape index (κ2) is 32.6. The van der Waals surface area contributed by atoms with Gasteiger partial charge in [0, 0.05) is 68.3 Å². The first-order chi connectivity index (χ1) is 38.3. The average molecular weight is 1170 g/mol. The summed E-state index contributed by atoms with van der Waals surface area (Å²) in [5, 5.41) is 8.50. The number of ether oxygens (including phenoxy) is 1. The van der Waals surface area contributed by atoms with Gasteiger partial charge in [-0.2, -0.15) is 0 Å². The third-order valence-electron chi connectivity index (χ3n) is 16.5. The number of hydrogen-bond acceptors (Lipinski definition) is 12. The molecule has 2 fully saturated rings. The molecule has 0 aromatic heterocycles. The summed E-state index contributed by atoms with van der Waals surface area (Å²) in [6, 6.07) is -10.2. The van der Waals surface area contributed by atoms with E-state index in [1.807, 2.05) is 62.3 Å². The van der Waals surface area contributed by atoms with Crippen LogP contribution >= 0.6 is 0 Å². The molecule has 22 heteroatoms. The van der Waals surface area contributed by atoms with E-state index >= 15 is 9.59 Å². The standard InChI is InChI=1S/C61H108N10O12/c1-24-42-57(78)65(17)32-48(73)66(18)43(27-33(2)3)54(75)64-49(37(10)11)60(81)67(19)44(28-34(4)5)53(74)62-41(16)47(72)31-40(15)56(77)68(20)45(29-35(6)7)58(79)69(21)46(30-36(8)9)59(80)70(22)50(38(12)13)61(82)71(23)51(55(76)63-42)52-39(14)25-26-83-52/h33-46,49-52H,24-32H2,1-23H3,(H,62,74)(H,63,76)(H,64,75)/t39-,40-,41-,42-,43+,44-,45+,46-,49-,50-,51-,52-/m1/s1. The zero-order valence-corrected chi connectivity index (χ0v) is 54.8. The molecule has 2 aliphatic heterocycles. The van der Waals surface area contributed by atoms with Crippen LogP contribution in [0.25, 0.3) is 0 Å². The van der Waals surface area contributed by atoms with Crippen molar-refractivity contribution in [3.63, 3.8) is 0 Å². The van der Waals surface area contributed by atoms with Gasteiger partial charge in [-0.1, -0.05) is 104 Å². The summed E-state index contributed by atoms with van der Waals surface area (Å²) in [5.41, 5.74) is 0. The zero-order valence-electron chi connectivity index (χ0n) is 54.8. The van der Waals surface area contributed by atoms with Crippen LogP contribution in [-0.2, 0) is 57.5 Å². The number of amides is 10. The van der Waals surface area contributed by atoms with Crippen LogP contribution in [0.15, 0.2) is 0 Å². The van der Waals surface area contributed by atoms with Gasteiger partial charge in [0.05, 0.1) is 18.7 Å². The van der Waals surface area contributed by atoms with Gasteiger partial charge in [-0.15, -0.1) is 0 Å². The maximum atomic E-state index is 15.1. The topological polar surface area (TPSA) is 256 Å². The van der Waals surface area contributed by atoms with Crippen molar-refractivity contribution in [2.45, 2.75) is 216 Å². The van der Waals surface area contributed by atoms with E-state index in [1.54, 1.807) is 41.5 Å². The lowest BCUT2D eigenvalue weighted by atomic mass is 9.93. The third-order valence-corrected chi connectivity index (χ3v) is 16.5. The molecule has 0 spiro atoms. The molecule has 0 unspecified atom stereocenters. The highest BCUT2D eigenvalue weighted by atomic mass is 16.5. The number of Topliss-reactive ketones (excluding diaryl/α,β-unsaturated/α-hetero) is 1. The molecule has 0 radical (unpaired) electrons. The number of likely N-dealkylation sites (N-methyl/N-ethyl adjacent to an activating group) is 7. The molecule has 2 aliphatic rings. The molecule has 22 nitrogen and oxygen atoms in total. The Balaban J connectivity index is 2.92. The lowest BCUT2D eigenvalue weighted by Gasteiger charge is -2.41. The van der Waals surface area contributed by atoms with Crippen LogP contribution in [0.5, 0.6) is 0 Å².